The van der Waals surface area contributed by atoms with Gasteiger partial charge in [0.2, 0.25) is 0 Å². The van der Waals surface area contributed by atoms with Crippen LogP contribution in [0.1, 0.15) is 10.4 Å². The summed E-state index contributed by atoms with van der Waals surface area (Å²) in [5.41, 5.74) is 1.74. The summed E-state index contributed by atoms with van der Waals surface area (Å²) in [5, 5.41) is 12.7. The van der Waals surface area contributed by atoms with Gasteiger partial charge in [-0.25, -0.2) is 9.78 Å². The Bertz CT molecular complexity index is 496. The molecular weight excluding hydrogens is 234 g/mol. The molecule has 0 aromatic carbocycles. The van der Waals surface area contributed by atoms with Crippen LogP contribution in [0.15, 0.2) is 29.1 Å². The molecule has 0 unspecified atom stereocenters. The minimum atomic E-state index is -1.07. The van der Waals surface area contributed by atoms with Gasteiger partial charge in [-0.2, -0.15) is 11.3 Å². The topological polar surface area (TPSA) is 50.2 Å². The summed E-state index contributed by atoms with van der Waals surface area (Å²) in [6.07, 6.45) is 1.57. The molecule has 0 radical (unpaired) electrons. The summed E-state index contributed by atoms with van der Waals surface area (Å²) in [6.45, 7) is 0. The number of carbonyl (C=O) groups is 1. The van der Waals surface area contributed by atoms with Crippen molar-refractivity contribution < 1.29 is 9.90 Å². The van der Waals surface area contributed by atoms with Gasteiger partial charge in [-0.1, -0.05) is 11.6 Å². The summed E-state index contributed by atoms with van der Waals surface area (Å²) in [6, 6.07) is 3.43. The molecule has 0 aliphatic heterocycles. The fourth-order valence-corrected chi connectivity index (χ4v) is 2.03. The number of aromatic carboxylic acids is 1. The Kier molecular flexibility index (Phi) is 2.70. The van der Waals surface area contributed by atoms with Crippen molar-refractivity contribution in [2.75, 3.05) is 0 Å². The fourth-order valence-electron chi connectivity index (χ4n) is 1.18. The Balaban J connectivity index is 2.52. The molecule has 15 heavy (non-hydrogen) atoms. The zero-order valence-electron chi connectivity index (χ0n) is 7.48. The molecular formula is C10H6ClNO2S. The second-order valence-corrected chi connectivity index (χ2v) is 4.02. The second kappa shape index (κ2) is 4.00. The highest BCUT2D eigenvalue weighted by Gasteiger charge is 2.11. The first-order valence-corrected chi connectivity index (χ1v) is 5.42. The van der Waals surface area contributed by atoms with Gasteiger partial charge in [-0.15, -0.1) is 0 Å². The number of halogens is 1. The second-order valence-electron chi connectivity index (χ2n) is 2.88. The maximum atomic E-state index is 10.8. The molecule has 2 heterocycles. The van der Waals surface area contributed by atoms with E-state index in [9.17, 15) is 4.79 Å². The van der Waals surface area contributed by atoms with E-state index in [1.54, 1.807) is 17.5 Å². The summed E-state index contributed by atoms with van der Waals surface area (Å²) in [5.74, 6) is -1.07. The molecule has 0 fully saturated rings. The minimum absolute atomic E-state index is 0.0153. The van der Waals surface area contributed by atoms with Gasteiger partial charge in [0, 0.05) is 11.8 Å². The van der Waals surface area contributed by atoms with Crippen LogP contribution in [-0.2, 0) is 0 Å². The molecule has 0 aliphatic rings. The van der Waals surface area contributed by atoms with Crippen molar-refractivity contribution in [3.63, 3.8) is 0 Å². The molecule has 0 saturated heterocycles. The van der Waals surface area contributed by atoms with Crippen LogP contribution in [0.4, 0.5) is 0 Å². The predicted octanol–water partition coefficient (Wildman–Crippen LogP) is 3.16. The van der Waals surface area contributed by atoms with Crippen molar-refractivity contribution in [3.05, 3.63) is 39.8 Å². The van der Waals surface area contributed by atoms with Crippen LogP contribution in [0, 0.1) is 0 Å². The monoisotopic (exact) mass is 239 g/mol. The van der Waals surface area contributed by atoms with E-state index in [1.165, 1.54) is 6.07 Å². The average molecular weight is 240 g/mol. The summed E-state index contributed by atoms with van der Waals surface area (Å²) >= 11 is 7.21. The van der Waals surface area contributed by atoms with E-state index in [1.807, 2.05) is 16.8 Å². The summed E-state index contributed by atoms with van der Waals surface area (Å²) in [4.78, 5) is 14.7. The van der Waals surface area contributed by atoms with Crippen LogP contribution >= 0.6 is 22.9 Å². The van der Waals surface area contributed by atoms with Crippen molar-refractivity contribution >= 4 is 28.9 Å². The third-order valence-corrected chi connectivity index (χ3v) is 2.91. The van der Waals surface area contributed by atoms with Gasteiger partial charge >= 0.3 is 5.97 Å². The first-order valence-electron chi connectivity index (χ1n) is 4.10. The Morgan fingerprint density at radius 2 is 2.27 bits per heavy atom. The lowest BCUT2D eigenvalue weighted by atomic mass is 10.1. The highest BCUT2D eigenvalue weighted by atomic mass is 35.5. The predicted molar refractivity (Wildman–Crippen MR) is 59.5 cm³/mol. The minimum Gasteiger partial charge on any atom is -0.478 e. The average Bonchev–Trinajstić information content (AvgIpc) is 2.71. The van der Waals surface area contributed by atoms with Crippen molar-refractivity contribution in [1.29, 1.82) is 0 Å². The van der Waals surface area contributed by atoms with Crippen LogP contribution in [0.25, 0.3) is 11.1 Å². The normalized spacial score (nSPS) is 10.2. The van der Waals surface area contributed by atoms with Crippen molar-refractivity contribution in [3.8, 4) is 11.1 Å². The Morgan fingerprint density at radius 1 is 1.47 bits per heavy atom. The van der Waals surface area contributed by atoms with Crippen LogP contribution in [-0.4, -0.2) is 16.1 Å². The quantitative estimate of drug-likeness (QED) is 0.819. The molecule has 0 saturated carbocycles. The summed E-state index contributed by atoms with van der Waals surface area (Å²) in [7, 11) is 0. The lowest BCUT2D eigenvalue weighted by molar-refractivity contribution is 0.0696. The lowest BCUT2D eigenvalue weighted by Gasteiger charge is -2.01. The third kappa shape index (κ3) is 2.00. The number of nitrogens with zero attached hydrogens (tertiary/aromatic N) is 1. The number of hydrogen-bond donors (Lipinski definition) is 1. The van der Waals surface area contributed by atoms with Gasteiger partial charge in [-0.05, 0) is 28.5 Å². The molecule has 2 aromatic rings. The van der Waals surface area contributed by atoms with Gasteiger partial charge in [0.25, 0.3) is 0 Å². The van der Waals surface area contributed by atoms with Gasteiger partial charge in [0.15, 0.2) is 0 Å². The fraction of sp³-hybridized carbons (Fsp3) is 0. The molecule has 1 N–H and O–H groups in total. The van der Waals surface area contributed by atoms with Crippen molar-refractivity contribution in [2.45, 2.75) is 0 Å². The number of rotatable bonds is 2. The molecule has 76 valence electrons. The molecule has 0 spiro atoms. The standard InChI is InChI=1S/C10H6ClNO2S/c11-9-8(10(13)14)3-7(4-12-9)6-1-2-15-5-6/h1-5H,(H,13,14). The van der Waals surface area contributed by atoms with E-state index in [0.717, 1.165) is 11.1 Å². The Hall–Kier alpha value is -1.39. The maximum absolute atomic E-state index is 10.8. The van der Waals surface area contributed by atoms with E-state index in [2.05, 4.69) is 4.98 Å². The Labute approximate surface area is 95.0 Å². The molecule has 0 atom stereocenters. The third-order valence-electron chi connectivity index (χ3n) is 1.92. The molecule has 0 amide bonds. The molecule has 3 nitrogen and oxygen atoms in total. The number of thiophene rings is 1. The number of aromatic nitrogens is 1. The van der Waals surface area contributed by atoms with Crippen molar-refractivity contribution in [2.24, 2.45) is 0 Å². The molecule has 0 bridgehead atoms. The first kappa shape index (κ1) is 10.1. The van der Waals surface area contributed by atoms with Crippen LogP contribution in [0.3, 0.4) is 0 Å². The van der Waals surface area contributed by atoms with Gasteiger partial charge in [-0.3, -0.25) is 0 Å². The number of hydrogen-bond acceptors (Lipinski definition) is 3. The highest BCUT2D eigenvalue weighted by Crippen LogP contribution is 2.24. The number of pyridine rings is 1. The molecule has 2 aromatic heterocycles. The van der Waals surface area contributed by atoms with Gasteiger partial charge < -0.3 is 5.11 Å². The largest absolute Gasteiger partial charge is 0.478 e. The van der Waals surface area contributed by atoms with Crippen molar-refractivity contribution in [1.82, 2.24) is 4.98 Å². The van der Waals surface area contributed by atoms with E-state index in [0.29, 0.717) is 0 Å². The van der Waals surface area contributed by atoms with E-state index in [-0.39, 0.29) is 10.7 Å². The summed E-state index contributed by atoms with van der Waals surface area (Å²) < 4.78 is 0. The van der Waals surface area contributed by atoms with E-state index in [4.69, 9.17) is 16.7 Å². The molecule has 5 heteroatoms. The smallest absolute Gasteiger partial charge is 0.338 e. The molecule has 2 rings (SSSR count). The number of carboxylic acids is 1. The van der Waals surface area contributed by atoms with Crippen LogP contribution < -0.4 is 0 Å². The van der Waals surface area contributed by atoms with Gasteiger partial charge in [0.05, 0.1) is 5.56 Å². The SMILES string of the molecule is O=C(O)c1cc(-c2ccsc2)cnc1Cl. The zero-order valence-corrected chi connectivity index (χ0v) is 9.05. The van der Waals surface area contributed by atoms with E-state index < -0.39 is 5.97 Å². The van der Waals surface area contributed by atoms with Crippen LogP contribution in [0.2, 0.25) is 5.15 Å². The lowest BCUT2D eigenvalue weighted by Crippen LogP contribution is -1.99. The Morgan fingerprint density at radius 3 is 2.87 bits per heavy atom. The molecule has 0 aliphatic carbocycles. The first-order chi connectivity index (χ1) is 7.18. The van der Waals surface area contributed by atoms with Gasteiger partial charge in [0.1, 0.15) is 5.15 Å². The van der Waals surface area contributed by atoms with E-state index >= 15 is 0 Å². The zero-order chi connectivity index (χ0) is 10.8. The number of carboxylic acid groups (broad SMARTS) is 1. The van der Waals surface area contributed by atoms with Crippen LogP contribution in [0.5, 0.6) is 0 Å². The maximum Gasteiger partial charge on any atom is 0.338 e. The highest BCUT2D eigenvalue weighted by molar-refractivity contribution is 7.08.